The molecule has 0 N–H and O–H groups in total. The molecule has 2 aromatic rings. The van der Waals surface area contributed by atoms with Gasteiger partial charge in [-0.2, -0.15) is 0 Å². The molecule has 0 radical (unpaired) electrons. The Labute approximate surface area is 119 Å². The molecular weight excluding hydrogens is 246 g/mol. The van der Waals surface area contributed by atoms with Gasteiger partial charge in [0, 0.05) is 11.8 Å². The summed E-state index contributed by atoms with van der Waals surface area (Å²) in [7, 11) is 0. The number of hydrogen-bond acceptors (Lipinski definition) is 2. The lowest BCUT2D eigenvalue weighted by molar-refractivity contribution is 0.418. The molecular formula is C17H19N3. The topological polar surface area (TPSA) is 30.7 Å². The van der Waals surface area contributed by atoms with Gasteiger partial charge in [-0.15, -0.1) is 0 Å². The first-order valence-corrected chi connectivity index (χ1v) is 7.59. The van der Waals surface area contributed by atoms with Crippen LogP contribution in [0.15, 0.2) is 43.0 Å². The average molecular weight is 265 g/mol. The number of pyridine rings is 1. The molecule has 1 fully saturated rings. The van der Waals surface area contributed by atoms with Gasteiger partial charge < -0.3 is 4.57 Å². The van der Waals surface area contributed by atoms with Gasteiger partial charge in [0.25, 0.3) is 0 Å². The van der Waals surface area contributed by atoms with Crippen molar-refractivity contribution in [2.75, 3.05) is 0 Å². The van der Waals surface area contributed by atoms with Crippen LogP contribution in [0.3, 0.4) is 0 Å². The van der Waals surface area contributed by atoms with Crippen LogP contribution in [-0.2, 0) is 0 Å². The maximum atomic E-state index is 4.59. The lowest BCUT2D eigenvalue weighted by Gasteiger charge is -2.18. The van der Waals surface area contributed by atoms with Crippen LogP contribution in [0, 0.1) is 5.92 Å². The quantitative estimate of drug-likeness (QED) is 0.769. The van der Waals surface area contributed by atoms with Crippen molar-refractivity contribution in [1.29, 1.82) is 0 Å². The maximum absolute atomic E-state index is 4.59. The molecule has 102 valence electrons. The van der Waals surface area contributed by atoms with E-state index in [1.165, 1.54) is 43.4 Å². The van der Waals surface area contributed by atoms with E-state index in [0.717, 1.165) is 11.6 Å². The second-order valence-corrected chi connectivity index (χ2v) is 5.85. The van der Waals surface area contributed by atoms with Crippen molar-refractivity contribution in [3.8, 4) is 11.3 Å². The molecule has 4 rings (SSSR count). The third kappa shape index (κ3) is 1.89. The summed E-state index contributed by atoms with van der Waals surface area (Å²) >= 11 is 0. The second-order valence-electron chi connectivity index (χ2n) is 5.85. The zero-order valence-corrected chi connectivity index (χ0v) is 11.6. The number of allylic oxidation sites excluding steroid dienone is 2. The first-order valence-electron chi connectivity index (χ1n) is 7.59. The van der Waals surface area contributed by atoms with E-state index in [0.29, 0.717) is 0 Å². The van der Waals surface area contributed by atoms with Crippen LogP contribution < -0.4 is 0 Å². The van der Waals surface area contributed by atoms with E-state index in [1.807, 2.05) is 24.8 Å². The molecule has 2 aliphatic rings. The van der Waals surface area contributed by atoms with Crippen LogP contribution in [-0.4, -0.2) is 14.5 Å². The first kappa shape index (κ1) is 11.9. The minimum atomic E-state index is 0.227. The summed E-state index contributed by atoms with van der Waals surface area (Å²) < 4.78 is 2.23. The third-order valence-electron chi connectivity index (χ3n) is 4.58. The normalized spacial score (nSPS) is 22.1. The fourth-order valence-corrected chi connectivity index (χ4v) is 3.51. The number of aromatic nitrogens is 3. The molecule has 3 nitrogen and oxygen atoms in total. The van der Waals surface area contributed by atoms with Crippen LogP contribution in [0.1, 0.15) is 43.8 Å². The second kappa shape index (κ2) is 4.89. The molecule has 1 saturated carbocycles. The SMILES string of the molecule is C(=C\[C@H]1c2ncccc2-c2cncn21)/C1CCCCC1. The Hall–Kier alpha value is -1.90. The minimum absolute atomic E-state index is 0.227. The van der Waals surface area contributed by atoms with Gasteiger partial charge in [-0.25, -0.2) is 4.98 Å². The van der Waals surface area contributed by atoms with E-state index in [2.05, 4.69) is 32.8 Å². The summed E-state index contributed by atoms with van der Waals surface area (Å²) in [6, 6.07) is 4.37. The van der Waals surface area contributed by atoms with Gasteiger partial charge in [0.2, 0.25) is 0 Å². The van der Waals surface area contributed by atoms with Crippen molar-refractivity contribution in [2.45, 2.75) is 38.1 Å². The third-order valence-corrected chi connectivity index (χ3v) is 4.58. The first-order chi connectivity index (χ1) is 9.93. The molecule has 0 bridgehead atoms. The predicted octanol–water partition coefficient (Wildman–Crippen LogP) is 3.98. The molecule has 0 amide bonds. The van der Waals surface area contributed by atoms with E-state index < -0.39 is 0 Å². The standard InChI is InChI=1S/C17H19N3/c1-2-5-13(6-3-1)8-9-15-17-14(7-4-10-19-17)16-11-18-12-20(15)16/h4,7-13,15H,1-3,5-6H2/b9-8+/t15-/m0/s1. The highest BCUT2D eigenvalue weighted by molar-refractivity contribution is 5.67. The van der Waals surface area contributed by atoms with Crippen molar-refractivity contribution in [3.63, 3.8) is 0 Å². The molecule has 0 saturated heterocycles. The average Bonchev–Trinajstić information content (AvgIpc) is 3.07. The zero-order valence-electron chi connectivity index (χ0n) is 11.6. The van der Waals surface area contributed by atoms with E-state index in [1.54, 1.807) is 0 Å². The Balaban J connectivity index is 1.66. The molecule has 20 heavy (non-hydrogen) atoms. The lowest BCUT2D eigenvalue weighted by Crippen LogP contribution is -2.06. The van der Waals surface area contributed by atoms with Gasteiger partial charge in [0.15, 0.2) is 0 Å². The van der Waals surface area contributed by atoms with E-state index in [9.17, 15) is 0 Å². The van der Waals surface area contributed by atoms with Gasteiger partial charge in [-0.1, -0.05) is 31.4 Å². The monoisotopic (exact) mass is 265 g/mol. The highest BCUT2D eigenvalue weighted by Crippen LogP contribution is 2.38. The molecule has 3 heteroatoms. The Morgan fingerprint density at radius 2 is 2.05 bits per heavy atom. The van der Waals surface area contributed by atoms with E-state index in [4.69, 9.17) is 0 Å². The molecule has 2 aromatic heterocycles. The molecule has 1 atom stereocenters. The van der Waals surface area contributed by atoms with Crippen molar-refractivity contribution >= 4 is 0 Å². The smallest absolute Gasteiger partial charge is 0.0962 e. The Morgan fingerprint density at radius 1 is 1.15 bits per heavy atom. The Morgan fingerprint density at radius 3 is 2.95 bits per heavy atom. The minimum Gasteiger partial charge on any atom is -0.318 e. The van der Waals surface area contributed by atoms with Crippen LogP contribution in [0.4, 0.5) is 0 Å². The van der Waals surface area contributed by atoms with Crippen LogP contribution >= 0.6 is 0 Å². The molecule has 0 spiro atoms. The van der Waals surface area contributed by atoms with E-state index >= 15 is 0 Å². The van der Waals surface area contributed by atoms with Gasteiger partial charge in [0.1, 0.15) is 0 Å². The Bertz CT molecular complexity index is 635. The molecule has 1 aliphatic carbocycles. The summed E-state index contributed by atoms with van der Waals surface area (Å²) in [6.07, 6.45) is 17.4. The fraction of sp³-hybridized carbons (Fsp3) is 0.412. The predicted molar refractivity (Wildman–Crippen MR) is 79.3 cm³/mol. The van der Waals surface area contributed by atoms with Gasteiger partial charge >= 0.3 is 0 Å². The van der Waals surface area contributed by atoms with Gasteiger partial charge in [-0.05, 0) is 30.9 Å². The van der Waals surface area contributed by atoms with Gasteiger partial charge in [-0.3, -0.25) is 4.98 Å². The largest absolute Gasteiger partial charge is 0.318 e. The Kier molecular flexibility index (Phi) is 2.91. The highest BCUT2D eigenvalue weighted by atomic mass is 15.1. The molecule has 0 aromatic carbocycles. The fourth-order valence-electron chi connectivity index (χ4n) is 3.51. The molecule has 0 unspecified atom stereocenters. The van der Waals surface area contributed by atoms with Crippen LogP contribution in [0.5, 0.6) is 0 Å². The van der Waals surface area contributed by atoms with Crippen LogP contribution in [0.25, 0.3) is 11.3 Å². The van der Waals surface area contributed by atoms with Crippen molar-refractivity contribution in [1.82, 2.24) is 14.5 Å². The van der Waals surface area contributed by atoms with Crippen molar-refractivity contribution in [3.05, 3.63) is 48.7 Å². The van der Waals surface area contributed by atoms with Crippen molar-refractivity contribution < 1.29 is 0 Å². The summed E-state index contributed by atoms with van der Waals surface area (Å²) in [6.45, 7) is 0. The zero-order chi connectivity index (χ0) is 13.4. The number of rotatable bonds is 2. The molecule has 1 aliphatic heterocycles. The number of hydrogen-bond donors (Lipinski definition) is 0. The number of imidazole rings is 1. The molecule has 3 heterocycles. The maximum Gasteiger partial charge on any atom is 0.0962 e. The lowest BCUT2D eigenvalue weighted by atomic mass is 9.88. The summed E-state index contributed by atoms with van der Waals surface area (Å²) in [5, 5.41) is 0. The number of nitrogens with zero attached hydrogens (tertiary/aromatic N) is 3. The summed E-state index contributed by atoms with van der Waals surface area (Å²) in [5.41, 5.74) is 3.58. The summed E-state index contributed by atoms with van der Waals surface area (Å²) in [4.78, 5) is 8.88. The summed E-state index contributed by atoms with van der Waals surface area (Å²) in [5.74, 6) is 0.753. The van der Waals surface area contributed by atoms with Gasteiger partial charge in [0.05, 0.1) is 30.0 Å². The van der Waals surface area contributed by atoms with Crippen molar-refractivity contribution in [2.24, 2.45) is 5.92 Å². The highest BCUT2D eigenvalue weighted by Gasteiger charge is 2.27. The van der Waals surface area contributed by atoms with E-state index in [-0.39, 0.29) is 6.04 Å². The number of fused-ring (bicyclic) bond motifs is 3. The van der Waals surface area contributed by atoms with Crippen LogP contribution in [0.2, 0.25) is 0 Å².